The van der Waals surface area contributed by atoms with Gasteiger partial charge in [-0.1, -0.05) is 0 Å². The van der Waals surface area contributed by atoms with Crippen LogP contribution in [0.3, 0.4) is 0 Å². The maximum absolute atomic E-state index is 12.4. The first-order valence-corrected chi connectivity index (χ1v) is 6.47. The van der Waals surface area contributed by atoms with E-state index in [1.807, 2.05) is 0 Å². The summed E-state index contributed by atoms with van der Waals surface area (Å²) in [6.07, 6.45) is 1.32. The fourth-order valence-corrected chi connectivity index (χ4v) is 2.00. The number of carbonyl (C=O) groups is 1. The van der Waals surface area contributed by atoms with E-state index in [0.717, 1.165) is 0 Å². The third-order valence-corrected chi connectivity index (χ3v) is 3.13. The van der Waals surface area contributed by atoms with Gasteiger partial charge in [-0.2, -0.15) is 8.78 Å². The fourth-order valence-electron chi connectivity index (χ4n) is 1.58. The molecule has 0 fully saturated rings. The average Bonchev–Trinajstić information content (AvgIpc) is 2.86. The van der Waals surface area contributed by atoms with Crippen molar-refractivity contribution in [2.75, 3.05) is 12.4 Å². The Hall–Kier alpha value is -2.09. The molecule has 1 aromatic carbocycles. The Morgan fingerprint density at radius 3 is 2.71 bits per heavy atom. The van der Waals surface area contributed by atoms with E-state index >= 15 is 0 Å². The minimum atomic E-state index is -3.00. The van der Waals surface area contributed by atoms with E-state index in [2.05, 4.69) is 26.0 Å². The molecule has 0 aliphatic carbocycles. The van der Waals surface area contributed by atoms with Crippen molar-refractivity contribution in [3.05, 3.63) is 40.8 Å². The summed E-state index contributed by atoms with van der Waals surface area (Å²) in [6.45, 7) is -3.00. The number of anilines is 1. The summed E-state index contributed by atoms with van der Waals surface area (Å²) < 4.78 is 39.3. The lowest BCUT2D eigenvalue weighted by Crippen LogP contribution is -2.13. The monoisotopic (exact) mass is 361 g/mol. The number of methoxy groups -OCH3 is 1. The molecule has 0 aliphatic rings. The van der Waals surface area contributed by atoms with E-state index in [1.165, 1.54) is 37.6 Å². The molecule has 112 valence electrons. The summed E-state index contributed by atoms with van der Waals surface area (Å²) >= 11 is 3.06. The van der Waals surface area contributed by atoms with Crippen molar-refractivity contribution in [1.82, 2.24) is 0 Å². The molecule has 0 spiro atoms. The van der Waals surface area contributed by atoms with Crippen LogP contribution in [0.1, 0.15) is 10.4 Å². The minimum absolute atomic E-state index is 0.0627. The van der Waals surface area contributed by atoms with Gasteiger partial charge in [-0.3, -0.25) is 4.79 Å². The van der Waals surface area contributed by atoms with Crippen LogP contribution in [0, 0.1) is 0 Å². The highest BCUT2D eigenvalue weighted by atomic mass is 79.9. The van der Waals surface area contributed by atoms with Crippen molar-refractivity contribution in [3.63, 3.8) is 0 Å². The number of ether oxygens (including phenoxy) is 2. The number of furan rings is 1. The lowest BCUT2D eigenvalue weighted by Gasteiger charge is -2.13. The van der Waals surface area contributed by atoms with E-state index in [9.17, 15) is 13.6 Å². The second-order valence-corrected chi connectivity index (χ2v) is 4.52. The Morgan fingerprint density at radius 2 is 2.14 bits per heavy atom. The molecule has 0 saturated carbocycles. The van der Waals surface area contributed by atoms with E-state index in [0.29, 0.717) is 5.75 Å². The van der Waals surface area contributed by atoms with Crippen LogP contribution in [0.15, 0.2) is 39.6 Å². The number of hydrogen-bond donors (Lipinski definition) is 1. The van der Waals surface area contributed by atoms with E-state index in [4.69, 9.17) is 9.15 Å². The SMILES string of the molecule is COc1ccc(OC(F)F)c(NC(=O)c2ccoc2Br)c1. The molecule has 0 atom stereocenters. The number of hydrogen-bond acceptors (Lipinski definition) is 4. The molecule has 2 aromatic rings. The van der Waals surface area contributed by atoms with Gasteiger partial charge in [-0.05, 0) is 34.1 Å². The summed E-state index contributed by atoms with van der Waals surface area (Å²) in [5, 5.41) is 2.47. The quantitative estimate of drug-likeness (QED) is 0.876. The molecule has 1 N–H and O–H groups in total. The number of rotatable bonds is 5. The van der Waals surface area contributed by atoms with Crippen LogP contribution in [-0.2, 0) is 0 Å². The van der Waals surface area contributed by atoms with Gasteiger partial charge >= 0.3 is 6.61 Å². The van der Waals surface area contributed by atoms with Crippen LogP contribution < -0.4 is 14.8 Å². The van der Waals surface area contributed by atoms with Gasteiger partial charge in [0.15, 0.2) is 4.67 Å². The van der Waals surface area contributed by atoms with Crippen LogP contribution in [0.4, 0.5) is 14.5 Å². The molecule has 0 aliphatic heterocycles. The molecule has 0 bridgehead atoms. The summed E-state index contributed by atoms with van der Waals surface area (Å²) in [5.74, 6) is -0.320. The van der Waals surface area contributed by atoms with Crippen molar-refractivity contribution in [1.29, 1.82) is 0 Å². The third kappa shape index (κ3) is 3.72. The Labute approximate surface area is 127 Å². The van der Waals surface area contributed by atoms with Crippen molar-refractivity contribution >= 4 is 27.5 Å². The predicted molar refractivity (Wildman–Crippen MR) is 74.0 cm³/mol. The van der Waals surface area contributed by atoms with Crippen LogP contribution in [0.5, 0.6) is 11.5 Å². The molecular formula is C13H10BrF2NO4. The lowest BCUT2D eigenvalue weighted by molar-refractivity contribution is -0.0494. The lowest BCUT2D eigenvalue weighted by atomic mass is 10.2. The van der Waals surface area contributed by atoms with Gasteiger partial charge < -0.3 is 19.2 Å². The van der Waals surface area contributed by atoms with E-state index < -0.39 is 12.5 Å². The molecule has 1 aromatic heterocycles. The zero-order chi connectivity index (χ0) is 15.4. The maximum Gasteiger partial charge on any atom is 0.387 e. The molecule has 0 saturated heterocycles. The average molecular weight is 362 g/mol. The van der Waals surface area contributed by atoms with Crippen LogP contribution in [-0.4, -0.2) is 19.6 Å². The molecule has 8 heteroatoms. The van der Waals surface area contributed by atoms with Gasteiger partial charge in [0.05, 0.1) is 24.6 Å². The predicted octanol–water partition coefficient (Wildman–Crippen LogP) is 3.90. The number of benzene rings is 1. The highest BCUT2D eigenvalue weighted by Crippen LogP contribution is 2.31. The molecule has 1 amide bonds. The Balaban J connectivity index is 2.28. The zero-order valence-electron chi connectivity index (χ0n) is 10.7. The van der Waals surface area contributed by atoms with Gasteiger partial charge in [0, 0.05) is 6.07 Å². The summed E-state index contributed by atoms with van der Waals surface area (Å²) in [5.41, 5.74) is 0.286. The van der Waals surface area contributed by atoms with Gasteiger partial charge in [0.1, 0.15) is 11.5 Å². The van der Waals surface area contributed by atoms with Crippen LogP contribution in [0.25, 0.3) is 0 Å². The molecule has 21 heavy (non-hydrogen) atoms. The summed E-state index contributed by atoms with van der Waals surface area (Å²) in [6, 6.07) is 5.54. The number of carbonyl (C=O) groups excluding carboxylic acids is 1. The van der Waals surface area contributed by atoms with Crippen molar-refractivity contribution in [3.8, 4) is 11.5 Å². The number of nitrogens with one attached hydrogen (secondary N) is 1. The first-order chi connectivity index (χ1) is 10.0. The Morgan fingerprint density at radius 1 is 1.38 bits per heavy atom. The van der Waals surface area contributed by atoms with Crippen molar-refractivity contribution in [2.45, 2.75) is 6.61 Å². The normalized spacial score (nSPS) is 10.5. The standard InChI is InChI=1S/C13H10BrF2NO4/c1-19-7-2-3-10(21-13(15)16)9(6-7)17-12(18)8-4-5-20-11(8)14/h2-6,13H,1H3,(H,17,18). The zero-order valence-corrected chi connectivity index (χ0v) is 12.3. The third-order valence-electron chi connectivity index (χ3n) is 2.51. The van der Waals surface area contributed by atoms with Crippen molar-refractivity contribution in [2.24, 2.45) is 0 Å². The molecule has 0 radical (unpaired) electrons. The first kappa shape index (κ1) is 15.3. The van der Waals surface area contributed by atoms with Gasteiger partial charge in [0.2, 0.25) is 0 Å². The molecule has 1 heterocycles. The summed E-state index contributed by atoms with van der Waals surface area (Å²) in [7, 11) is 1.42. The van der Waals surface area contributed by atoms with Crippen molar-refractivity contribution < 1.29 is 27.5 Å². The van der Waals surface area contributed by atoms with E-state index in [-0.39, 0.29) is 21.7 Å². The van der Waals surface area contributed by atoms with Crippen LogP contribution in [0.2, 0.25) is 0 Å². The van der Waals surface area contributed by atoms with Crippen LogP contribution >= 0.6 is 15.9 Å². The van der Waals surface area contributed by atoms with Gasteiger partial charge in [0.25, 0.3) is 5.91 Å². The number of halogens is 3. The minimum Gasteiger partial charge on any atom is -0.497 e. The highest BCUT2D eigenvalue weighted by Gasteiger charge is 2.17. The molecule has 2 rings (SSSR count). The molecular weight excluding hydrogens is 352 g/mol. The van der Waals surface area contributed by atoms with E-state index in [1.54, 1.807) is 0 Å². The smallest absolute Gasteiger partial charge is 0.387 e. The second-order valence-electron chi connectivity index (χ2n) is 3.80. The van der Waals surface area contributed by atoms with Gasteiger partial charge in [-0.15, -0.1) is 0 Å². The second kappa shape index (κ2) is 6.57. The fraction of sp³-hybridized carbons (Fsp3) is 0.154. The topological polar surface area (TPSA) is 60.7 Å². The summed E-state index contributed by atoms with van der Waals surface area (Å²) in [4.78, 5) is 12.0. The number of alkyl halides is 2. The number of amides is 1. The maximum atomic E-state index is 12.4. The van der Waals surface area contributed by atoms with Gasteiger partial charge in [-0.25, -0.2) is 0 Å². The Kier molecular flexibility index (Phi) is 4.79. The largest absolute Gasteiger partial charge is 0.497 e. The molecule has 5 nitrogen and oxygen atoms in total. The highest BCUT2D eigenvalue weighted by molar-refractivity contribution is 9.10. The Bertz CT molecular complexity index is 645. The molecule has 0 unspecified atom stereocenters. The first-order valence-electron chi connectivity index (χ1n) is 5.68.